The molecule has 1 aliphatic rings. The molecule has 1 aromatic rings. The SMILES string of the molecule is CCC1(CC)C(=O)CC1OCc1cccc(Cl)c1. The van der Waals surface area contributed by atoms with Crippen molar-refractivity contribution in [1.82, 2.24) is 0 Å². The molecule has 1 saturated carbocycles. The van der Waals surface area contributed by atoms with Crippen molar-refractivity contribution in [1.29, 1.82) is 0 Å². The molecule has 0 heterocycles. The van der Waals surface area contributed by atoms with Gasteiger partial charge in [0.25, 0.3) is 0 Å². The van der Waals surface area contributed by atoms with Gasteiger partial charge in [-0.15, -0.1) is 0 Å². The van der Waals surface area contributed by atoms with Gasteiger partial charge in [-0.2, -0.15) is 0 Å². The minimum absolute atomic E-state index is 0.0685. The summed E-state index contributed by atoms with van der Waals surface area (Å²) in [6.07, 6.45) is 2.35. The van der Waals surface area contributed by atoms with Gasteiger partial charge in [0.1, 0.15) is 5.78 Å². The van der Waals surface area contributed by atoms with Gasteiger partial charge in [0.2, 0.25) is 0 Å². The molecular weight excluding hydrogens is 248 g/mol. The molecule has 0 aliphatic heterocycles. The van der Waals surface area contributed by atoms with Crippen LogP contribution < -0.4 is 0 Å². The zero-order valence-corrected chi connectivity index (χ0v) is 11.7. The number of carbonyl (C=O) groups is 1. The Balaban J connectivity index is 1.97. The van der Waals surface area contributed by atoms with Crippen LogP contribution in [-0.2, 0) is 16.1 Å². The van der Waals surface area contributed by atoms with E-state index in [9.17, 15) is 4.79 Å². The molecule has 0 N–H and O–H groups in total. The van der Waals surface area contributed by atoms with E-state index in [-0.39, 0.29) is 11.5 Å². The molecule has 0 bridgehead atoms. The van der Waals surface area contributed by atoms with Crippen molar-refractivity contribution in [2.75, 3.05) is 0 Å². The third-order valence-corrected chi connectivity index (χ3v) is 4.38. The highest BCUT2D eigenvalue weighted by Crippen LogP contribution is 2.45. The first-order valence-corrected chi connectivity index (χ1v) is 6.89. The summed E-state index contributed by atoms with van der Waals surface area (Å²) in [5, 5.41) is 0.720. The van der Waals surface area contributed by atoms with Gasteiger partial charge in [0.15, 0.2) is 0 Å². The number of ketones is 1. The molecule has 1 unspecified atom stereocenters. The quantitative estimate of drug-likeness (QED) is 0.805. The third kappa shape index (κ3) is 2.32. The number of carbonyl (C=O) groups excluding carboxylic acids is 1. The Morgan fingerprint density at radius 1 is 1.39 bits per heavy atom. The summed E-state index contributed by atoms with van der Waals surface area (Å²) in [7, 11) is 0. The highest BCUT2D eigenvalue weighted by molar-refractivity contribution is 6.30. The summed E-state index contributed by atoms with van der Waals surface area (Å²) < 4.78 is 5.91. The maximum Gasteiger partial charge on any atom is 0.144 e. The minimum atomic E-state index is -0.238. The van der Waals surface area contributed by atoms with Crippen molar-refractivity contribution in [3.8, 4) is 0 Å². The molecule has 0 saturated heterocycles. The van der Waals surface area contributed by atoms with E-state index in [0.29, 0.717) is 18.8 Å². The summed E-state index contributed by atoms with van der Waals surface area (Å²) >= 11 is 5.93. The number of ether oxygens (including phenoxy) is 1. The van der Waals surface area contributed by atoms with Gasteiger partial charge in [-0.1, -0.05) is 37.6 Å². The van der Waals surface area contributed by atoms with E-state index in [1.54, 1.807) is 0 Å². The summed E-state index contributed by atoms with van der Waals surface area (Å²) in [6, 6.07) is 7.66. The second-order valence-corrected chi connectivity index (χ2v) is 5.36. The van der Waals surface area contributed by atoms with Crippen molar-refractivity contribution < 1.29 is 9.53 Å². The molecule has 3 heteroatoms. The van der Waals surface area contributed by atoms with Crippen LogP contribution in [0.3, 0.4) is 0 Å². The van der Waals surface area contributed by atoms with Crippen molar-refractivity contribution in [3.05, 3.63) is 34.9 Å². The van der Waals surface area contributed by atoms with E-state index in [4.69, 9.17) is 16.3 Å². The Bertz CT molecular complexity index is 438. The molecule has 1 fully saturated rings. The van der Waals surface area contributed by atoms with E-state index >= 15 is 0 Å². The van der Waals surface area contributed by atoms with Crippen LogP contribution in [0.4, 0.5) is 0 Å². The zero-order valence-electron chi connectivity index (χ0n) is 10.9. The second-order valence-electron chi connectivity index (χ2n) is 4.92. The Morgan fingerprint density at radius 3 is 2.67 bits per heavy atom. The fraction of sp³-hybridized carbons (Fsp3) is 0.533. The Morgan fingerprint density at radius 2 is 2.11 bits per heavy atom. The smallest absolute Gasteiger partial charge is 0.144 e. The van der Waals surface area contributed by atoms with Crippen molar-refractivity contribution in [2.24, 2.45) is 5.41 Å². The van der Waals surface area contributed by atoms with Gasteiger partial charge < -0.3 is 4.74 Å². The molecular formula is C15H19ClO2. The van der Waals surface area contributed by atoms with E-state index in [0.717, 1.165) is 23.4 Å². The predicted molar refractivity (Wildman–Crippen MR) is 72.7 cm³/mol. The van der Waals surface area contributed by atoms with Crippen molar-refractivity contribution in [3.63, 3.8) is 0 Å². The maximum absolute atomic E-state index is 11.8. The molecule has 2 nitrogen and oxygen atoms in total. The van der Waals surface area contributed by atoms with Crippen LogP contribution in [0.1, 0.15) is 38.7 Å². The average Bonchev–Trinajstić information content (AvgIpc) is 2.36. The number of benzene rings is 1. The minimum Gasteiger partial charge on any atom is -0.372 e. The summed E-state index contributed by atoms with van der Waals surface area (Å²) in [5.74, 6) is 0.351. The Hall–Kier alpha value is -0.860. The number of halogens is 1. The van der Waals surface area contributed by atoms with Gasteiger partial charge in [0, 0.05) is 11.4 Å². The highest BCUT2D eigenvalue weighted by atomic mass is 35.5. The van der Waals surface area contributed by atoms with Gasteiger partial charge in [-0.25, -0.2) is 0 Å². The number of Topliss-reactive ketones (excluding diaryl/α,β-unsaturated/α-hetero) is 1. The molecule has 2 rings (SSSR count). The lowest BCUT2D eigenvalue weighted by Crippen LogP contribution is -2.54. The van der Waals surface area contributed by atoms with Crippen LogP contribution in [0.5, 0.6) is 0 Å². The fourth-order valence-electron chi connectivity index (χ4n) is 2.76. The average molecular weight is 267 g/mol. The molecule has 18 heavy (non-hydrogen) atoms. The van der Waals surface area contributed by atoms with Crippen LogP contribution >= 0.6 is 11.6 Å². The Labute approximate surface area is 113 Å². The van der Waals surface area contributed by atoms with Crippen LogP contribution in [0, 0.1) is 5.41 Å². The summed E-state index contributed by atoms with van der Waals surface area (Å²) in [4.78, 5) is 11.8. The zero-order chi connectivity index (χ0) is 13.2. The standard InChI is InChI=1S/C15H19ClO2/c1-3-15(4-2)13(17)9-14(15)18-10-11-6-5-7-12(16)8-11/h5-8,14H,3-4,9-10H2,1-2H3. The molecule has 1 aliphatic carbocycles. The topological polar surface area (TPSA) is 26.3 Å². The van der Waals surface area contributed by atoms with Gasteiger partial charge in [-0.05, 0) is 30.5 Å². The molecule has 0 spiro atoms. The van der Waals surface area contributed by atoms with Crippen molar-refractivity contribution >= 4 is 17.4 Å². The first-order valence-electron chi connectivity index (χ1n) is 6.51. The normalized spacial score (nSPS) is 21.7. The van der Waals surface area contributed by atoms with Crippen LogP contribution in [0.15, 0.2) is 24.3 Å². The lowest BCUT2D eigenvalue weighted by molar-refractivity contribution is -0.167. The lowest BCUT2D eigenvalue weighted by Gasteiger charge is -2.46. The second kappa shape index (κ2) is 5.41. The summed E-state index contributed by atoms with van der Waals surface area (Å²) in [5.41, 5.74) is 0.821. The highest BCUT2D eigenvalue weighted by Gasteiger charge is 2.52. The van der Waals surface area contributed by atoms with E-state index < -0.39 is 0 Å². The maximum atomic E-state index is 11.8. The van der Waals surface area contributed by atoms with Gasteiger partial charge >= 0.3 is 0 Å². The van der Waals surface area contributed by atoms with E-state index in [1.165, 1.54) is 0 Å². The predicted octanol–water partition coefficient (Wildman–Crippen LogP) is 4.00. The number of rotatable bonds is 5. The van der Waals surface area contributed by atoms with E-state index in [2.05, 4.69) is 13.8 Å². The van der Waals surface area contributed by atoms with Gasteiger partial charge in [-0.3, -0.25) is 4.79 Å². The Kier molecular flexibility index (Phi) is 4.08. The van der Waals surface area contributed by atoms with Crippen LogP contribution in [0.25, 0.3) is 0 Å². The fourth-order valence-corrected chi connectivity index (χ4v) is 2.97. The van der Waals surface area contributed by atoms with Crippen molar-refractivity contribution in [2.45, 2.75) is 45.8 Å². The lowest BCUT2D eigenvalue weighted by atomic mass is 9.61. The third-order valence-electron chi connectivity index (χ3n) is 4.14. The first kappa shape index (κ1) is 13.6. The molecule has 0 radical (unpaired) electrons. The van der Waals surface area contributed by atoms with Crippen LogP contribution in [-0.4, -0.2) is 11.9 Å². The van der Waals surface area contributed by atoms with Crippen LogP contribution in [0.2, 0.25) is 5.02 Å². The monoisotopic (exact) mass is 266 g/mol. The molecule has 1 atom stereocenters. The molecule has 98 valence electrons. The van der Waals surface area contributed by atoms with E-state index in [1.807, 2.05) is 24.3 Å². The molecule has 1 aromatic carbocycles. The number of hydrogen-bond donors (Lipinski definition) is 0. The number of hydrogen-bond acceptors (Lipinski definition) is 2. The largest absolute Gasteiger partial charge is 0.372 e. The van der Waals surface area contributed by atoms with Gasteiger partial charge in [0.05, 0.1) is 18.1 Å². The molecule has 0 amide bonds. The molecule has 0 aromatic heterocycles. The first-order chi connectivity index (χ1) is 8.62. The summed E-state index contributed by atoms with van der Waals surface area (Å²) in [6.45, 7) is 4.66.